The van der Waals surface area contributed by atoms with E-state index in [2.05, 4.69) is 199 Å². The SMILES string of the molecule is c1ccc(N(c2ccc(-c3cccc4ccccc34)cc2)c2ccc(-c3cccc4c5ccc6oc7ccccc7c6c5c5ccccc5c34)cc2)cc1. The topological polar surface area (TPSA) is 16.4 Å². The summed E-state index contributed by atoms with van der Waals surface area (Å²) in [5.41, 5.74) is 10.0. The molecule has 2 nitrogen and oxygen atoms in total. The third-order valence-corrected chi connectivity index (χ3v) is 11.0. The van der Waals surface area contributed by atoms with Crippen LogP contribution in [0.15, 0.2) is 205 Å². The van der Waals surface area contributed by atoms with Crippen LogP contribution >= 0.6 is 0 Å². The van der Waals surface area contributed by atoms with Crippen LogP contribution in [0.4, 0.5) is 17.1 Å². The van der Waals surface area contributed by atoms with E-state index in [1.165, 1.54) is 70.7 Å². The number of fused-ring (bicyclic) bond motifs is 11. The summed E-state index contributed by atoms with van der Waals surface area (Å²) >= 11 is 0. The third-order valence-electron chi connectivity index (χ3n) is 11.0. The fourth-order valence-electron chi connectivity index (χ4n) is 8.63. The molecule has 0 fully saturated rings. The standard InChI is InChI=1S/C52H33NO/c1-2-14-37(15-3-1)53(38-28-24-35(25-29-38)41-20-10-13-34-12-4-5-16-40(34)41)39-30-26-36(27-31-39)42-21-11-22-44-46-32-33-49-52(47-19-8-9-23-48(47)54-49)51(46)45-18-7-6-17-43(45)50(42)44/h1-33H. The Morgan fingerprint density at radius 3 is 1.52 bits per heavy atom. The van der Waals surface area contributed by atoms with E-state index in [-0.39, 0.29) is 0 Å². The fourth-order valence-corrected chi connectivity index (χ4v) is 8.63. The van der Waals surface area contributed by atoms with E-state index >= 15 is 0 Å². The highest BCUT2D eigenvalue weighted by atomic mass is 16.3. The smallest absolute Gasteiger partial charge is 0.136 e. The fraction of sp³-hybridized carbons (Fsp3) is 0. The van der Waals surface area contributed by atoms with Gasteiger partial charge in [0.05, 0.1) is 0 Å². The number of nitrogens with zero attached hydrogens (tertiary/aromatic N) is 1. The minimum absolute atomic E-state index is 0.920. The first-order valence-corrected chi connectivity index (χ1v) is 18.5. The van der Waals surface area contributed by atoms with Gasteiger partial charge in [-0.2, -0.15) is 0 Å². The summed E-state index contributed by atoms with van der Waals surface area (Å²) in [5, 5.41) is 12.3. The Hall–Kier alpha value is -7.16. The summed E-state index contributed by atoms with van der Waals surface area (Å²) in [4.78, 5) is 2.34. The summed E-state index contributed by atoms with van der Waals surface area (Å²) in [6.07, 6.45) is 0. The van der Waals surface area contributed by atoms with Gasteiger partial charge < -0.3 is 9.32 Å². The van der Waals surface area contributed by atoms with Crippen molar-refractivity contribution in [3.63, 3.8) is 0 Å². The molecule has 0 amide bonds. The van der Waals surface area contributed by atoms with Crippen LogP contribution in [0.1, 0.15) is 0 Å². The molecule has 11 rings (SSSR count). The van der Waals surface area contributed by atoms with Crippen molar-refractivity contribution in [3.05, 3.63) is 200 Å². The molecule has 1 aromatic heterocycles. The van der Waals surface area contributed by atoms with E-state index in [0.29, 0.717) is 0 Å². The van der Waals surface area contributed by atoms with Gasteiger partial charge in [-0.25, -0.2) is 0 Å². The zero-order valence-corrected chi connectivity index (χ0v) is 29.4. The molecule has 0 atom stereocenters. The van der Waals surface area contributed by atoms with Crippen LogP contribution in [0.3, 0.4) is 0 Å². The first-order valence-electron chi connectivity index (χ1n) is 18.5. The molecular formula is C52H33NO. The highest BCUT2D eigenvalue weighted by Crippen LogP contribution is 2.45. The third kappa shape index (κ3) is 4.74. The zero-order chi connectivity index (χ0) is 35.6. The van der Waals surface area contributed by atoms with E-state index in [1.807, 2.05) is 6.07 Å². The molecule has 252 valence electrons. The average molecular weight is 688 g/mol. The van der Waals surface area contributed by atoms with Crippen LogP contribution in [0, 0.1) is 0 Å². The second-order valence-corrected chi connectivity index (χ2v) is 14.0. The van der Waals surface area contributed by atoms with Crippen LogP contribution in [-0.4, -0.2) is 0 Å². The highest BCUT2D eigenvalue weighted by molar-refractivity contribution is 6.36. The number of hydrogen-bond donors (Lipinski definition) is 0. The van der Waals surface area contributed by atoms with Gasteiger partial charge in [0.2, 0.25) is 0 Å². The first kappa shape index (κ1) is 30.5. The number of benzene rings is 10. The molecule has 0 spiro atoms. The molecule has 0 bridgehead atoms. The maximum atomic E-state index is 6.35. The maximum Gasteiger partial charge on any atom is 0.136 e. The molecule has 0 aliphatic carbocycles. The van der Waals surface area contributed by atoms with Crippen LogP contribution < -0.4 is 4.90 Å². The van der Waals surface area contributed by atoms with Crippen molar-refractivity contribution >= 4 is 82.1 Å². The van der Waals surface area contributed by atoms with Gasteiger partial charge in [0.1, 0.15) is 11.2 Å². The van der Waals surface area contributed by atoms with E-state index in [1.54, 1.807) is 0 Å². The van der Waals surface area contributed by atoms with Gasteiger partial charge in [-0.15, -0.1) is 0 Å². The van der Waals surface area contributed by atoms with Crippen LogP contribution in [0.25, 0.3) is 87.3 Å². The quantitative estimate of drug-likeness (QED) is 0.168. The van der Waals surface area contributed by atoms with E-state index in [4.69, 9.17) is 4.42 Å². The lowest BCUT2D eigenvalue weighted by molar-refractivity contribution is 0.669. The van der Waals surface area contributed by atoms with Crippen molar-refractivity contribution in [2.24, 2.45) is 0 Å². The van der Waals surface area contributed by atoms with Gasteiger partial charge in [0.15, 0.2) is 0 Å². The Labute approximate surface area is 312 Å². The molecule has 0 saturated heterocycles. The van der Waals surface area contributed by atoms with Gasteiger partial charge >= 0.3 is 0 Å². The molecule has 2 heteroatoms. The molecule has 0 saturated carbocycles. The Balaban J connectivity index is 1.05. The van der Waals surface area contributed by atoms with Crippen molar-refractivity contribution in [2.45, 2.75) is 0 Å². The van der Waals surface area contributed by atoms with Gasteiger partial charge in [-0.1, -0.05) is 146 Å². The summed E-state index contributed by atoms with van der Waals surface area (Å²) in [7, 11) is 0. The molecule has 0 unspecified atom stereocenters. The molecule has 0 N–H and O–H groups in total. The highest BCUT2D eigenvalue weighted by Gasteiger charge is 2.19. The van der Waals surface area contributed by atoms with Crippen LogP contribution in [0.2, 0.25) is 0 Å². The molecular weight excluding hydrogens is 655 g/mol. The van der Waals surface area contributed by atoms with E-state index < -0.39 is 0 Å². The summed E-state index contributed by atoms with van der Waals surface area (Å²) in [6, 6.07) is 72.1. The van der Waals surface area contributed by atoms with Gasteiger partial charge in [-0.3, -0.25) is 0 Å². The summed E-state index contributed by atoms with van der Waals surface area (Å²) in [6.45, 7) is 0. The second kappa shape index (κ2) is 12.2. The van der Waals surface area contributed by atoms with Gasteiger partial charge in [0, 0.05) is 33.2 Å². The molecule has 11 aromatic rings. The van der Waals surface area contributed by atoms with E-state index in [0.717, 1.165) is 33.6 Å². The largest absolute Gasteiger partial charge is 0.456 e. The molecule has 0 radical (unpaired) electrons. The number of hydrogen-bond acceptors (Lipinski definition) is 2. The van der Waals surface area contributed by atoms with Crippen molar-refractivity contribution in [1.82, 2.24) is 0 Å². The second-order valence-electron chi connectivity index (χ2n) is 14.0. The van der Waals surface area contributed by atoms with Crippen molar-refractivity contribution in [2.75, 3.05) is 4.90 Å². The summed E-state index contributed by atoms with van der Waals surface area (Å²) < 4.78 is 6.35. The molecule has 1 heterocycles. The Kier molecular flexibility index (Phi) is 6.90. The predicted molar refractivity (Wildman–Crippen MR) is 229 cm³/mol. The number of anilines is 3. The molecule has 10 aromatic carbocycles. The predicted octanol–water partition coefficient (Wildman–Crippen LogP) is 15.0. The minimum Gasteiger partial charge on any atom is -0.456 e. The number of rotatable bonds is 5. The maximum absolute atomic E-state index is 6.35. The number of para-hydroxylation sites is 2. The first-order chi connectivity index (χ1) is 26.8. The summed E-state index contributed by atoms with van der Waals surface area (Å²) in [5.74, 6) is 0. The van der Waals surface area contributed by atoms with Gasteiger partial charge in [0.25, 0.3) is 0 Å². The Bertz CT molecular complexity index is 3160. The molecule has 54 heavy (non-hydrogen) atoms. The van der Waals surface area contributed by atoms with Gasteiger partial charge in [-0.05, 0) is 115 Å². The van der Waals surface area contributed by atoms with Crippen molar-refractivity contribution in [1.29, 1.82) is 0 Å². The minimum atomic E-state index is 0.920. The molecule has 0 aliphatic rings. The van der Waals surface area contributed by atoms with Crippen LogP contribution in [0.5, 0.6) is 0 Å². The van der Waals surface area contributed by atoms with E-state index in [9.17, 15) is 0 Å². The van der Waals surface area contributed by atoms with Crippen molar-refractivity contribution in [3.8, 4) is 22.3 Å². The zero-order valence-electron chi connectivity index (χ0n) is 29.4. The van der Waals surface area contributed by atoms with Crippen molar-refractivity contribution < 1.29 is 4.42 Å². The molecule has 0 aliphatic heterocycles. The Morgan fingerprint density at radius 1 is 0.278 bits per heavy atom. The number of furan rings is 1. The lowest BCUT2D eigenvalue weighted by atomic mass is 9.88. The lowest BCUT2D eigenvalue weighted by Gasteiger charge is -2.26. The monoisotopic (exact) mass is 687 g/mol. The van der Waals surface area contributed by atoms with Crippen LogP contribution in [-0.2, 0) is 0 Å². The Morgan fingerprint density at radius 2 is 0.778 bits per heavy atom. The lowest BCUT2D eigenvalue weighted by Crippen LogP contribution is -2.09. The normalized spacial score (nSPS) is 11.7. The average Bonchev–Trinajstić information content (AvgIpc) is 3.63.